The number of para-hydroxylation sites is 3. The third-order valence-corrected chi connectivity index (χ3v) is 10.9. The Morgan fingerprint density at radius 2 is 1.78 bits per heavy atom. The van der Waals surface area contributed by atoms with E-state index in [-0.39, 0.29) is 35.4 Å². The van der Waals surface area contributed by atoms with Gasteiger partial charge in [0.2, 0.25) is 10.0 Å². The number of nitrogens with zero attached hydrogens (tertiary/aromatic N) is 5. The van der Waals surface area contributed by atoms with Crippen molar-refractivity contribution in [1.82, 2.24) is 23.5 Å². The van der Waals surface area contributed by atoms with Gasteiger partial charge in [0.1, 0.15) is 5.69 Å². The zero-order valence-corrected chi connectivity index (χ0v) is 26.0. The second-order valence-corrected chi connectivity index (χ2v) is 13.8. The first-order valence-corrected chi connectivity index (χ1v) is 16.9. The fourth-order valence-electron chi connectivity index (χ4n) is 5.73. The second kappa shape index (κ2) is 11.7. The molecule has 0 atom stereocenters. The summed E-state index contributed by atoms with van der Waals surface area (Å²) in [6.07, 6.45) is 4.45. The van der Waals surface area contributed by atoms with Gasteiger partial charge in [0.25, 0.3) is 5.56 Å². The van der Waals surface area contributed by atoms with E-state index in [2.05, 4.69) is 4.98 Å². The average Bonchev–Trinajstić information content (AvgIpc) is 3.74. The Bertz CT molecular complexity index is 2270. The van der Waals surface area contributed by atoms with Crippen LogP contribution in [-0.4, -0.2) is 57.6 Å². The Kier molecular flexibility index (Phi) is 7.56. The maximum absolute atomic E-state index is 13.7. The predicted octanol–water partition coefficient (Wildman–Crippen LogP) is 4.27. The lowest BCUT2D eigenvalue weighted by atomic mass is 9.98. The quantitative estimate of drug-likeness (QED) is 0.240. The number of imidazole rings is 1. The number of ether oxygens (including phenoxy) is 1. The Morgan fingerprint density at radius 1 is 1.02 bits per heavy atom. The van der Waals surface area contributed by atoms with Crippen LogP contribution in [0.1, 0.15) is 25.3 Å². The molecular weight excluding hydrogens is 611 g/mol. The highest BCUT2D eigenvalue weighted by Crippen LogP contribution is 2.30. The third-order valence-electron chi connectivity index (χ3n) is 8.01. The van der Waals surface area contributed by atoms with Crippen molar-refractivity contribution < 1.29 is 17.9 Å². The molecular formula is C33H29N5O5S2. The molecule has 3 aromatic heterocycles. The van der Waals surface area contributed by atoms with Gasteiger partial charge in [-0.05, 0) is 62.2 Å². The summed E-state index contributed by atoms with van der Waals surface area (Å²) in [7, 11) is -3.83. The van der Waals surface area contributed by atoms with Gasteiger partial charge in [0.05, 0.1) is 38.7 Å². The SMILES string of the molecule is CCOC(=O)C1CCN(S(=O)(=O)c2cccc(-c3nn(-c4ccccc4)cc3C=c3sc4nc5ccccc5n4c3=O)c2)CC1. The maximum Gasteiger partial charge on any atom is 0.309 e. The van der Waals surface area contributed by atoms with Gasteiger partial charge in [-0.1, -0.05) is 53.8 Å². The number of esters is 1. The Balaban J connectivity index is 1.28. The van der Waals surface area contributed by atoms with Gasteiger partial charge in [0.15, 0.2) is 4.96 Å². The molecule has 0 saturated carbocycles. The lowest BCUT2D eigenvalue weighted by Gasteiger charge is -2.30. The molecule has 228 valence electrons. The lowest BCUT2D eigenvalue weighted by Crippen LogP contribution is -2.40. The van der Waals surface area contributed by atoms with Gasteiger partial charge in [-0.2, -0.15) is 9.40 Å². The zero-order chi connectivity index (χ0) is 31.1. The normalized spacial score (nSPS) is 15.3. The number of benzene rings is 3. The Labute approximate surface area is 262 Å². The minimum Gasteiger partial charge on any atom is -0.466 e. The van der Waals surface area contributed by atoms with Crippen LogP contribution in [0, 0.1) is 5.92 Å². The molecule has 7 rings (SSSR count). The van der Waals surface area contributed by atoms with Crippen molar-refractivity contribution in [1.29, 1.82) is 0 Å². The van der Waals surface area contributed by atoms with E-state index >= 15 is 0 Å². The molecule has 0 aliphatic carbocycles. The summed E-state index contributed by atoms with van der Waals surface area (Å²) in [4.78, 5) is 31.1. The van der Waals surface area contributed by atoms with Crippen LogP contribution in [-0.2, 0) is 19.6 Å². The van der Waals surface area contributed by atoms with Crippen molar-refractivity contribution in [3.05, 3.63) is 106 Å². The first kappa shape index (κ1) is 29.1. The fourth-order valence-corrected chi connectivity index (χ4v) is 8.22. The predicted molar refractivity (Wildman–Crippen MR) is 173 cm³/mol. The highest BCUT2D eigenvalue weighted by atomic mass is 32.2. The van der Waals surface area contributed by atoms with E-state index < -0.39 is 10.0 Å². The molecule has 0 bridgehead atoms. The lowest BCUT2D eigenvalue weighted by molar-refractivity contribution is -0.149. The second-order valence-electron chi connectivity index (χ2n) is 10.8. The molecule has 1 aliphatic heterocycles. The van der Waals surface area contributed by atoms with Crippen LogP contribution >= 0.6 is 11.3 Å². The summed E-state index contributed by atoms with van der Waals surface area (Å²) < 4.78 is 37.8. The summed E-state index contributed by atoms with van der Waals surface area (Å²) in [6.45, 7) is 2.53. The number of hydrogen-bond acceptors (Lipinski definition) is 8. The monoisotopic (exact) mass is 639 g/mol. The number of sulfonamides is 1. The smallest absolute Gasteiger partial charge is 0.309 e. The molecule has 3 aromatic carbocycles. The topological polar surface area (TPSA) is 116 Å². The van der Waals surface area contributed by atoms with Crippen LogP contribution in [0.15, 0.2) is 94.7 Å². The molecule has 0 spiro atoms. The van der Waals surface area contributed by atoms with Gasteiger partial charge in [-0.25, -0.2) is 22.5 Å². The van der Waals surface area contributed by atoms with Crippen molar-refractivity contribution in [2.24, 2.45) is 5.92 Å². The number of hydrogen-bond donors (Lipinski definition) is 0. The van der Waals surface area contributed by atoms with E-state index in [4.69, 9.17) is 9.84 Å². The Hall–Kier alpha value is -4.65. The molecule has 10 nitrogen and oxygen atoms in total. The van der Waals surface area contributed by atoms with Gasteiger partial charge in [-0.3, -0.25) is 9.59 Å². The molecule has 0 N–H and O–H groups in total. The van der Waals surface area contributed by atoms with Crippen LogP contribution in [0.4, 0.5) is 0 Å². The number of thiazole rings is 1. The summed E-state index contributed by atoms with van der Waals surface area (Å²) in [5, 5.41) is 4.86. The zero-order valence-electron chi connectivity index (χ0n) is 24.4. The fraction of sp³-hybridized carbons (Fsp3) is 0.212. The van der Waals surface area contributed by atoms with Crippen LogP contribution in [0.2, 0.25) is 0 Å². The van der Waals surface area contributed by atoms with Crippen molar-refractivity contribution in [3.8, 4) is 16.9 Å². The summed E-state index contributed by atoms with van der Waals surface area (Å²) in [6, 6.07) is 23.8. The molecule has 6 aromatic rings. The summed E-state index contributed by atoms with van der Waals surface area (Å²) in [5.74, 6) is -0.574. The molecule has 1 saturated heterocycles. The number of aromatic nitrogens is 4. The van der Waals surface area contributed by atoms with E-state index in [0.717, 1.165) is 16.7 Å². The molecule has 45 heavy (non-hydrogen) atoms. The summed E-state index contributed by atoms with van der Waals surface area (Å²) >= 11 is 1.30. The van der Waals surface area contributed by atoms with Gasteiger partial charge in [-0.15, -0.1) is 0 Å². The number of piperidine rings is 1. The number of fused-ring (bicyclic) bond motifs is 3. The highest BCUT2D eigenvalue weighted by Gasteiger charge is 2.33. The van der Waals surface area contributed by atoms with Crippen LogP contribution in [0.3, 0.4) is 0 Å². The summed E-state index contributed by atoms with van der Waals surface area (Å²) in [5.41, 5.74) is 3.94. The van der Waals surface area contributed by atoms with E-state index in [1.165, 1.54) is 15.6 Å². The van der Waals surface area contributed by atoms with Crippen molar-refractivity contribution >= 4 is 49.4 Å². The molecule has 12 heteroatoms. The van der Waals surface area contributed by atoms with Gasteiger partial charge >= 0.3 is 5.97 Å². The number of carbonyl (C=O) groups excluding carboxylic acids is 1. The molecule has 0 amide bonds. The first-order valence-electron chi connectivity index (χ1n) is 14.7. The molecule has 4 heterocycles. The first-order chi connectivity index (χ1) is 21.8. The molecule has 0 radical (unpaired) electrons. The van der Waals surface area contributed by atoms with Gasteiger partial charge < -0.3 is 4.74 Å². The van der Waals surface area contributed by atoms with Crippen LogP contribution in [0.5, 0.6) is 0 Å². The van der Waals surface area contributed by atoms with E-state index in [1.54, 1.807) is 40.3 Å². The third kappa shape index (κ3) is 5.34. The molecule has 1 fully saturated rings. The number of rotatable bonds is 7. The van der Waals surface area contributed by atoms with E-state index in [0.29, 0.717) is 45.8 Å². The maximum atomic E-state index is 13.7. The van der Waals surface area contributed by atoms with Gasteiger partial charge in [0, 0.05) is 30.4 Å². The van der Waals surface area contributed by atoms with Crippen molar-refractivity contribution in [3.63, 3.8) is 0 Å². The Morgan fingerprint density at radius 3 is 2.56 bits per heavy atom. The molecule has 0 unspecified atom stereocenters. The minimum atomic E-state index is -3.83. The standard InChI is InChI=1S/C33H29N5O5S2/c1-2-43-32(40)22-15-17-36(18-16-22)45(41,42)26-12-8-9-23(19-26)30-24(21-37(35-30)25-10-4-3-5-11-25)20-29-31(39)38-28-14-7-6-13-27(28)34-33(38)44-29/h3-14,19-22H,2,15-18H2,1H3. The molecule has 1 aliphatic rings. The highest BCUT2D eigenvalue weighted by molar-refractivity contribution is 7.89. The van der Waals surface area contributed by atoms with E-state index in [9.17, 15) is 18.0 Å². The largest absolute Gasteiger partial charge is 0.466 e. The minimum absolute atomic E-state index is 0.139. The van der Waals surface area contributed by atoms with Crippen molar-refractivity contribution in [2.75, 3.05) is 19.7 Å². The van der Waals surface area contributed by atoms with Crippen LogP contribution < -0.4 is 10.1 Å². The van der Waals surface area contributed by atoms with Crippen LogP contribution in [0.25, 0.3) is 39.0 Å². The number of carbonyl (C=O) groups is 1. The van der Waals surface area contributed by atoms with Crippen molar-refractivity contribution in [2.45, 2.75) is 24.7 Å². The average molecular weight is 640 g/mol. The van der Waals surface area contributed by atoms with E-state index in [1.807, 2.05) is 66.9 Å².